The summed E-state index contributed by atoms with van der Waals surface area (Å²) in [4.78, 5) is 24.6. The molecule has 0 unspecified atom stereocenters. The highest BCUT2D eigenvalue weighted by atomic mass is 16.5. The van der Waals surface area contributed by atoms with Gasteiger partial charge in [0.2, 0.25) is 0 Å². The number of fused-ring (bicyclic) bond motifs is 2. The lowest BCUT2D eigenvalue weighted by atomic mass is 10.1. The van der Waals surface area contributed by atoms with E-state index in [2.05, 4.69) is 9.97 Å². The van der Waals surface area contributed by atoms with E-state index in [1.165, 1.54) is 14.2 Å². The van der Waals surface area contributed by atoms with Crippen molar-refractivity contribution < 1.29 is 14.3 Å². The number of aromatic amines is 1. The predicted molar refractivity (Wildman–Crippen MR) is 106 cm³/mol. The minimum absolute atomic E-state index is 0.142. The number of benzene rings is 1. The van der Waals surface area contributed by atoms with Crippen LogP contribution in [0.3, 0.4) is 0 Å². The van der Waals surface area contributed by atoms with Crippen LogP contribution in [0.5, 0.6) is 5.75 Å². The molecular formula is C20H21N5O3. The van der Waals surface area contributed by atoms with Gasteiger partial charge in [-0.2, -0.15) is 0 Å². The number of imidazole rings is 1. The van der Waals surface area contributed by atoms with Crippen LogP contribution in [0.2, 0.25) is 0 Å². The van der Waals surface area contributed by atoms with Gasteiger partial charge in [0.05, 0.1) is 36.6 Å². The monoisotopic (exact) mass is 379 g/mol. The lowest BCUT2D eigenvalue weighted by Crippen LogP contribution is -2.06. The molecule has 0 saturated carbocycles. The topological polar surface area (TPSA) is 108 Å². The summed E-state index contributed by atoms with van der Waals surface area (Å²) in [7, 11) is 4.77. The quantitative estimate of drug-likeness (QED) is 0.528. The van der Waals surface area contributed by atoms with Crippen LogP contribution in [-0.4, -0.2) is 39.7 Å². The Hall–Kier alpha value is -3.39. The number of pyridine rings is 1. The fraction of sp³-hybridized carbons (Fsp3) is 0.250. The normalized spacial score (nSPS) is 12.5. The molecule has 8 nitrogen and oxygen atoms in total. The summed E-state index contributed by atoms with van der Waals surface area (Å²) in [6, 6.07) is 9.23. The number of carbonyl (C=O) groups is 1. The number of carbonyl (C=O) groups excluding carboxylic acids is 1. The Kier molecular flexibility index (Phi) is 4.27. The third kappa shape index (κ3) is 2.78. The third-order valence-electron chi connectivity index (χ3n) is 4.82. The summed E-state index contributed by atoms with van der Waals surface area (Å²) in [6.07, 6.45) is 0. The molecule has 144 valence electrons. The van der Waals surface area contributed by atoms with Gasteiger partial charge in [0.25, 0.3) is 0 Å². The Morgan fingerprint density at radius 1 is 1.21 bits per heavy atom. The van der Waals surface area contributed by atoms with Gasteiger partial charge >= 0.3 is 5.97 Å². The average Bonchev–Trinajstić information content (AvgIpc) is 3.26. The fourth-order valence-electron chi connectivity index (χ4n) is 3.29. The standard InChI is InChI=1S/C20H21N5O3/c1-10(21)13-6-5-11-7-15(23-18(11)22-13)19-24-14-8-12(20(26)28-4)17(27-3)9-16(14)25(19)2/h5-10H,21H2,1-4H3,(H,22,23)/t10-/m1/s1. The molecule has 0 aliphatic carbocycles. The average molecular weight is 379 g/mol. The number of hydrogen-bond donors (Lipinski definition) is 2. The number of H-pyrrole nitrogens is 1. The number of esters is 1. The lowest BCUT2D eigenvalue weighted by molar-refractivity contribution is 0.0597. The number of hydrogen-bond acceptors (Lipinski definition) is 6. The van der Waals surface area contributed by atoms with E-state index in [-0.39, 0.29) is 6.04 Å². The molecule has 4 aromatic rings. The van der Waals surface area contributed by atoms with Crippen molar-refractivity contribution in [3.8, 4) is 17.3 Å². The second-order valence-electron chi connectivity index (χ2n) is 6.67. The van der Waals surface area contributed by atoms with Crippen molar-refractivity contribution in [1.82, 2.24) is 19.5 Å². The lowest BCUT2D eigenvalue weighted by Gasteiger charge is -2.07. The molecule has 0 aliphatic heterocycles. The second-order valence-corrected chi connectivity index (χ2v) is 6.67. The van der Waals surface area contributed by atoms with Crippen molar-refractivity contribution in [2.24, 2.45) is 12.8 Å². The Labute approximate surface area is 161 Å². The minimum atomic E-state index is -0.468. The number of nitrogens with zero attached hydrogens (tertiary/aromatic N) is 3. The number of nitrogens with one attached hydrogen (secondary N) is 1. The van der Waals surface area contributed by atoms with E-state index >= 15 is 0 Å². The van der Waals surface area contributed by atoms with Crippen molar-refractivity contribution in [3.05, 3.63) is 41.6 Å². The van der Waals surface area contributed by atoms with Gasteiger partial charge < -0.3 is 24.8 Å². The van der Waals surface area contributed by atoms with Gasteiger partial charge in [-0.3, -0.25) is 0 Å². The smallest absolute Gasteiger partial charge is 0.341 e. The van der Waals surface area contributed by atoms with E-state index in [0.29, 0.717) is 16.8 Å². The molecule has 3 aromatic heterocycles. The van der Waals surface area contributed by atoms with Crippen LogP contribution in [-0.2, 0) is 11.8 Å². The molecular weight excluding hydrogens is 358 g/mol. The fourth-order valence-corrected chi connectivity index (χ4v) is 3.29. The van der Waals surface area contributed by atoms with Crippen LogP contribution in [0.1, 0.15) is 29.0 Å². The third-order valence-corrected chi connectivity index (χ3v) is 4.82. The molecule has 8 heteroatoms. The molecule has 0 radical (unpaired) electrons. The van der Waals surface area contributed by atoms with Gasteiger partial charge in [0, 0.05) is 24.5 Å². The van der Waals surface area contributed by atoms with E-state index in [9.17, 15) is 4.79 Å². The molecule has 28 heavy (non-hydrogen) atoms. The molecule has 3 heterocycles. The second kappa shape index (κ2) is 6.65. The van der Waals surface area contributed by atoms with Crippen molar-refractivity contribution in [2.75, 3.05) is 14.2 Å². The highest BCUT2D eigenvalue weighted by Crippen LogP contribution is 2.31. The molecule has 0 aliphatic rings. The first-order valence-corrected chi connectivity index (χ1v) is 8.81. The van der Waals surface area contributed by atoms with Crippen LogP contribution in [0.25, 0.3) is 33.6 Å². The molecule has 0 saturated heterocycles. The molecule has 0 spiro atoms. The van der Waals surface area contributed by atoms with Gasteiger partial charge in [-0.15, -0.1) is 0 Å². The number of rotatable bonds is 4. The maximum Gasteiger partial charge on any atom is 0.341 e. The Morgan fingerprint density at radius 2 is 2.00 bits per heavy atom. The summed E-state index contributed by atoms with van der Waals surface area (Å²) in [6.45, 7) is 1.90. The summed E-state index contributed by atoms with van der Waals surface area (Å²) < 4.78 is 12.1. The molecule has 0 bridgehead atoms. The van der Waals surface area contributed by atoms with Crippen LogP contribution < -0.4 is 10.5 Å². The predicted octanol–water partition coefficient (Wildman–Crippen LogP) is 2.93. The zero-order valence-electron chi connectivity index (χ0n) is 16.1. The summed E-state index contributed by atoms with van der Waals surface area (Å²) in [5.41, 5.74) is 10.2. The first-order chi connectivity index (χ1) is 13.4. The number of aromatic nitrogens is 4. The van der Waals surface area contributed by atoms with E-state index in [1.807, 2.05) is 36.7 Å². The number of ether oxygens (including phenoxy) is 2. The molecule has 4 rings (SSSR count). The summed E-state index contributed by atoms with van der Waals surface area (Å²) >= 11 is 0. The van der Waals surface area contributed by atoms with Crippen molar-refractivity contribution >= 4 is 28.0 Å². The van der Waals surface area contributed by atoms with Crippen LogP contribution in [0, 0.1) is 0 Å². The number of methoxy groups -OCH3 is 2. The van der Waals surface area contributed by atoms with Gasteiger partial charge in [-0.1, -0.05) is 0 Å². The van der Waals surface area contributed by atoms with E-state index < -0.39 is 5.97 Å². The van der Waals surface area contributed by atoms with Gasteiger partial charge in [-0.05, 0) is 31.2 Å². The summed E-state index contributed by atoms with van der Waals surface area (Å²) in [5.74, 6) is 0.692. The summed E-state index contributed by atoms with van der Waals surface area (Å²) in [5, 5.41) is 0.972. The Morgan fingerprint density at radius 3 is 2.68 bits per heavy atom. The first-order valence-electron chi connectivity index (χ1n) is 8.81. The number of aryl methyl sites for hydroxylation is 1. The minimum Gasteiger partial charge on any atom is -0.496 e. The Balaban J connectivity index is 1.88. The maximum atomic E-state index is 12.0. The maximum absolute atomic E-state index is 12.0. The van der Waals surface area contributed by atoms with Crippen LogP contribution in [0.15, 0.2) is 30.3 Å². The van der Waals surface area contributed by atoms with Crippen molar-refractivity contribution in [3.63, 3.8) is 0 Å². The number of nitrogens with two attached hydrogens (primary N) is 1. The zero-order chi connectivity index (χ0) is 20.0. The zero-order valence-corrected chi connectivity index (χ0v) is 16.1. The largest absolute Gasteiger partial charge is 0.496 e. The van der Waals surface area contributed by atoms with E-state index in [1.54, 1.807) is 12.1 Å². The molecule has 1 aromatic carbocycles. The first kappa shape index (κ1) is 18.0. The van der Waals surface area contributed by atoms with E-state index in [4.69, 9.17) is 20.2 Å². The van der Waals surface area contributed by atoms with Crippen molar-refractivity contribution in [2.45, 2.75) is 13.0 Å². The molecule has 0 fully saturated rings. The van der Waals surface area contributed by atoms with Gasteiger partial charge in [0.15, 0.2) is 5.82 Å². The molecule has 1 atom stereocenters. The van der Waals surface area contributed by atoms with Gasteiger partial charge in [-0.25, -0.2) is 14.8 Å². The molecule has 0 amide bonds. The Bertz CT molecular complexity index is 1210. The van der Waals surface area contributed by atoms with Crippen molar-refractivity contribution in [1.29, 1.82) is 0 Å². The van der Waals surface area contributed by atoms with Crippen LogP contribution in [0.4, 0.5) is 0 Å². The highest BCUT2D eigenvalue weighted by molar-refractivity contribution is 5.98. The SMILES string of the molecule is COC(=O)c1cc2nc(-c3cc4ccc([C@@H](C)N)nc4[nH]3)n(C)c2cc1OC. The molecule has 3 N–H and O–H groups in total. The van der Waals surface area contributed by atoms with E-state index in [0.717, 1.165) is 33.8 Å². The highest BCUT2D eigenvalue weighted by Gasteiger charge is 2.19. The van der Waals surface area contributed by atoms with Crippen LogP contribution >= 0.6 is 0 Å². The van der Waals surface area contributed by atoms with Gasteiger partial charge in [0.1, 0.15) is 17.0 Å².